The lowest BCUT2D eigenvalue weighted by Crippen LogP contribution is -2.41. The second-order valence-corrected chi connectivity index (χ2v) is 4.54. The Balaban J connectivity index is 2.50. The first-order chi connectivity index (χ1) is 9.21. The molecule has 0 atom stereocenters. The fourth-order valence-electron chi connectivity index (χ4n) is 1.93. The van der Waals surface area contributed by atoms with E-state index in [2.05, 4.69) is 24.5 Å². The van der Waals surface area contributed by atoms with Gasteiger partial charge in [-0.15, -0.1) is 0 Å². The van der Waals surface area contributed by atoms with Crippen molar-refractivity contribution in [1.29, 1.82) is 0 Å². The number of methoxy groups -OCH3 is 1. The number of hydrogen-bond donors (Lipinski definition) is 2. The molecule has 0 radical (unpaired) electrons. The summed E-state index contributed by atoms with van der Waals surface area (Å²) in [6.07, 6.45) is 1.90. The van der Waals surface area contributed by atoms with E-state index in [1.54, 1.807) is 7.11 Å². The average molecular weight is 264 g/mol. The van der Waals surface area contributed by atoms with E-state index in [0.717, 1.165) is 24.0 Å². The Morgan fingerprint density at radius 3 is 2.42 bits per heavy atom. The van der Waals surface area contributed by atoms with Crippen LogP contribution >= 0.6 is 0 Å². The Morgan fingerprint density at radius 1 is 1.21 bits per heavy atom. The molecule has 0 heterocycles. The first kappa shape index (κ1) is 15.5. The summed E-state index contributed by atoms with van der Waals surface area (Å²) in [6, 6.07) is 8.09. The number of carbonyl (C=O) groups is 1. The van der Waals surface area contributed by atoms with Gasteiger partial charge in [-0.05, 0) is 24.0 Å². The average Bonchev–Trinajstić information content (AvgIpc) is 2.44. The molecule has 2 N–H and O–H groups in total. The van der Waals surface area contributed by atoms with Crippen molar-refractivity contribution >= 4 is 6.03 Å². The topological polar surface area (TPSA) is 50.4 Å². The van der Waals surface area contributed by atoms with Crippen LogP contribution in [-0.4, -0.2) is 19.2 Å². The smallest absolute Gasteiger partial charge is 0.315 e. The molecule has 0 aliphatic carbocycles. The third kappa shape index (κ3) is 5.30. The molecule has 19 heavy (non-hydrogen) atoms. The maximum absolute atomic E-state index is 11.8. The van der Waals surface area contributed by atoms with Crippen molar-refractivity contribution in [2.45, 2.75) is 45.9 Å². The summed E-state index contributed by atoms with van der Waals surface area (Å²) in [6.45, 7) is 5.22. The Kier molecular flexibility index (Phi) is 6.97. The standard InChI is InChI=1S/C15H24N2O2/c1-4-14(5-2)17-15(18)16-10-12-8-6-7-9-13(12)11-19-3/h6-9,14H,4-5,10-11H2,1-3H3,(H2,16,17,18). The van der Waals surface area contributed by atoms with E-state index in [1.807, 2.05) is 24.3 Å². The van der Waals surface area contributed by atoms with Crippen molar-refractivity contribution in [3.05, 3.63) is 35.4 Å². The van der Waals surface area contributed by atoms with Crippen molar-refractivity contribution in [2.75, 3.05) is 7.11 Å². The van der Waals surface area contributed by atoms with E-state index in [9.17, 15) is 4.79 Å². The number of amides is 2. The van der Waals surface area contributed by atoms with Crippen molar-refractivity contribution in [1.82, 2.24) is 10.6 Å². The maximum Gasteiger partial charge on any atom is 0.315 e. The van der Waals surface area contributed by atoms with Crippen LogP contribution in [0.3, 0.4) is 0 Å². The quantitative estimate of drug-likeness (QED) is 0.795. The minimum Gasteiger partial charge on any atom is -0.380 e. The van der Waals surface area contributed by atoms with E-state index < -0.39 is 0 Å². The van der Waals surface area contributed by atoms with Crippen LogP contribution in [0.25, 0.3) is 0 Å². The van der Waals surface area contributed by atoms with E-state index >= 15 is 0 Å². The van der Waals surface area contributed by atoms with Gasteiger partial charge in [0.15, 0.2) is 0 Å². The maximum atomic E-state index is 11.8. The van der Waals surface area contributed by atoms with E-state index in [4.69, 9.17) is 4.74 Å². The van der Waals surface area contributed by atoms with E-state index in [0.29, 0.717) is 13.2 Å². The lowest BCUT2D eigenvalue weighted by Gasteiger charge is -2.16. The largest absolute Gasteiger partial charge is 0.380 e. The minimum absolute atomic E-state index is 0.110. The number of benzene rings is 1. The number of ether oxygens (including phenoxy) is 1. The van der Waals surface area contributed by atoms with Gasteiger partial charge in [0.2, 0.25) is 0 Å². The summed E-state index contributed by atoms with van der Waals surface area (Å²) in [5, 5.41) is 5.85. The lowest BCUT2D eigenvalue weighted by atomic mass is 10.1. The predicted molar refractivity (Wildman–Crippen MR) is 76.9 cm³/mol. The van der Waals surface area contributed by atoms with Gasteiger partial charge in [0.05, 0.1) is 6.61 Å². The molecule has 4 nitrogen and oxygen atoms in total. The SMILES string of the molecule is CCC(CC)NC(=O)NCc1ccccc1COC. The normalized spacial score (nSPS) is 10.5. The number of rotatable bonds is 7. The summed E-state index contributed by atoms with van der Waals surface area (Å²) < 4.78 is 5.15. The van der Waals surface area contributed by atoms with E-state index in [-0.39, 0.29) is 12.1 Å². The molecule has 0 aliphatic heterocycles. The molecule has 0 saturated carbocycles. The van der Waals surface area contributed by atoms with Crippen LogP contribution in [0.5, 0.6) is 0 Å². The van der Waals surface area contributed by atoms with Gasteiger partial charge in [-0.3, -0.25) is 0 Å². The zero-order chi connectivity index (χ0) is 14.1. The van der Waals surface area contributed by atoms with Crippen LogP contribution in [0.15, 0.2) is 24.3 Å². The minimum atomic E-state index is -0.110. The molecule has 0 saturated heterocycles. The van der Waals surface area contributed by atoms with Crippen molar-refractivity contribution in [3.8, 4) is 0 Å². The van der Waals surface area contributed by atoms with Gasteiger partial charge in [-0.2, -0.15) is 0 Å². The summed E-state index contributed by atoms with van der Waals surface area (Å²) in [4.78, 5) is 11.8. The predicted octanol–water partition coefficient (Wildman–Crippen LogP) is 2.82. The Morgan fingerprint density at radius 2 is 1.84 bits per heavy atom. The van der Waals surface area contributed by atoms with Crippen molar-refractivity contribution in [2.24, 2.45) is 0 Å². The molecule has 1 rings (SSSR count). The summed E-state index contributed by atoms with van der Waals surface area (Å²) in [7, 11) is 1.67. The summed E-state index contributed by atoms with van der Waals surface area (Å²) in [5.74, 6) is 0. The summed E-state index contributed by atoms with van der Waals surface area (Å²) in [5.41, 5.74) is 2.19. The molecule has 106 valence electrons. The van der Waals surface area contributed by atoms with Crippen LogP contribution < -0.4 is 10.6 Å². The van der Waals surface area contributed by atoms with Gasteiger partial charge in [-0.1, -0.05) is 38.1 Å². The highest BCUT2D eigenvalue weighted by Crippen LogP contribution is 2.09. The van der Waals surface area contributed by atoms with Crippen LogP contribution in [0.4, 0.5) is 4.79 Å². The van der Waals surface area contributed by atoms with Crippen LogP contribution in [0.1, 0.15) is 37.8 Å². The molecule has 0 aromatic heterocycles. The third-order valence-corrected chi connectivity index (χ3v) is 3.18. The van der Waals surface area contributed by atoms with E-state index in [1.165, 1.54) is 0 Å². The fourth-order valence-corrected chi connectivity index (χ4v) is 1.93. The molecule has 4 heteroatoms. The first-order valence-corrected chi connectivity index (χ1v) is 6.81. The molecule has 1 aromatic carbocycles. The number of hydrogen-bond acceptors (Lipinski definition) is 2. The van der Waals surface area contributed by atoms with Gasteiger partial charge in [0, 0.05) is 19.7 Å². The van der Waals surface area contributed by atoms with Crippen LogP contribution in [-0.2, 0) is 17.9 Å². The Bertz CT molecular complexity index is 389. The zero-order valence-electron chi connectivity index (χ0n) is 12.0. The first-order valence-electron chi connectivity index (χ1n) is 6.81. The second kappa shape index (κ2) is 8.53. The molecular formula is C15H24N2O2. The van der Waals surface area contributed by atoms with Crippen LogP contribution in [0.2, 0.25) is 0 Å². The molecule has 2 amide bonds. The van der Waals surface area contributed by atoms with Crippen molar-refractivity contribution in [3.63, 3.8) is 0 Å². The lowest BCUT2D eigenvalue weighted by molar-refractivity contribution is 0.184. The monoisotopic (exact) mass is 264 g/mol. The Hall–Kier alpha value is -1.55. The Labute approximate surface area is 115 Å². The highest BCUT2D eigenvalue weighted by Gasteiger charge is 2.08. The molecule has 1 aromatic rings. The van der Waals surface area contributed by atoms with Gasteiger partial charge in [-0.25, -0.2) is 4.79 Å². The summed E-state index contributed by atoms with van der Waals surface area (Å²) >= 11 is 0. The fraction of sp³-hybridized carbons (Fsp3) is 0.533. The highest BCUT2D eigenvalue weighted by atomic mass is 16.5. The van der Waals surface area contributed by atoms with Crippen LogP contribution in [0, 0.1) is 0 Å². The second-order valence-electron chi connectivity index (χ2n) is 4.54. The molecule has 0 unspecified atom stereocenters. The van der Waals surface area contributed by atoms with Crippen molar-refractivity contribution < 1.29 is 9.53 Å². The molecule has 0 aliphatic rings. The highest BCUT2D eigenvalue weighted by molar-refractivity contribution is 5.74. The number of nitrogens with one attached hydrogen (secondary N) is 2. The number of carbonyl (C=O) groups excluding carboxylic acids is 1. The zero-order valence-corrected chi connectivity index (χ0v) is 12.0. The van der Waals surface area contributed by atoms with Gasteiger partial charge >= 0.3 is 6.03 Å². The van der Waals surface area contributed by atoms with Gasteiger partial charge < -0.3 is 15.4 Å². The molecule has 0 fully saturated rings. The third-order valence-electron chi connectivity index (χ3n) is 3.18. The molecule has 0 bridgehead atoms. The van der Waals surface area contributed by atoms with Gasteiger partial charge in [0.25, 0.3) is 0 Å². The molecular weight excluding hydrogens is 240 g/mol. The van der Waals surface area contributed by atoms with Gasteiger partial charge in [0.1, 0.15) is 0 Å². The number of urea groups is 1. The molecule has 0 spiro atoms.